The highest BCUT2D eigenvalue weighted by atomic mass is 32.2. The summed E-state index contributed by atoms with van der Waals surface area (Å²) in [6.07, 6.45) is 8.84. The van der Waals surface area contributed by atoms with Crippen molar-refractivity contribution in [2.45, 2.75) is 39.2 Å². The Morgan fingerprint density at radius 3 is 1.04 bits per heavy atom. The summed E-state index contributed by atoms with van der Waals surface area (Å²) in [4.78, 5) is 10.7. The Morgan fingerprint density at radius 2 is 0.607 bits per heavy atom. The maximum Gasteiger partial charge on any atom is 0.0340 e. The molecule has 0 atom stereocenters. The van der Waals surface area contributed by atoms with Gasteiger partial charge in [-0.25, -0.2) is 0 Å². The van der Waals surface area contributed by atoms with E-state index in [2.05, 4.69) is 206 Å². The van der Waals surface area contributed by atoms with Crippen molar-refractivity contribution >= 4 is 71.4 Å². The van der Waals surface area contributed by atoms with Gasteiger partial charge in [-0.15, -0.1) is 0 Å². The molecule has 0 aromatic heterocycles. The molecule has 0 spiro atoms. The van der Waals surface area contributed by atoms with Crippen molar-refractivity contribution in [2.75, 3.05) is 0 Å². The van der Waals surface area contributed by atoms with Crippen molar-refractivity contribution < 1.29 is 0 Å². The van der Waals surface area contributed by atoms with Crippen molar-refractivity contribution in [1.29, 1.82) is 0 Å². The second-order valence-electron chi connectivity index (χ2n) is 13.7. The zero-order valence-electron chi connectivity index (χ0n) is 30.3. The fraction of sp³-hybridized carbons (Fsp3) is 0. The van der Waals surface area contributed by atoms with E-state index in [1.807, 2.05) is 47.0 Å². The van der Waals surface area contributed by atoms with Crippen LogP contribution in [0, 0.1) is 0 Å². The Hall–Kier alpha value is -5.36. The molecule has 0 bridgehead atoms. The summed E-state index contributed by atoms with van der Waals surface area (Å²) in [7, 11) is 0. The van der Waals surface area contributed by atoms with Gasteiger partial charge in [0.2, 0.25) is 0 Å². The molecule has 2 heterocycles. The van der Waals surface area contributed by atoms with Crippen LogP contribution in [0.4, 0.5) is 0 Å². The summed E-state index contributed by atoms with van der Waals surface area (Å²) in [6.45, 7) is 0. The smallest absolute Gasteiger partial charge is 0.0340 e. The second-order valence-corrected chi connectivity index (χ2v) is 18.0. The SMILES string of the molecule is C(=Cc1cccc(-c2cccc3c2Sc2ccccc2S3)c1)c1ccc(-c2ccc(C=Cc3cccc(-c4cccc5c4Sc4ccccc4S5)c3)cc2)cc1. The molecule has 0 fully saturated rings. The maximum atomic E-state index is 2.30. The van der Waals surface area contributed by atoms with Crippen LogP contribution in [0.1, 0.15) is 22.3 Å². The summed E-state index contributed by atoms with van der Waals surface area (Å²) in [6, 6.07) is 66.1. The number of fused-ring (bicyclic) bond motifs is 4. The molecule has 2 aliphatic rings. The Kier molecular flexibility index (Phi) is 9.80. The summed E-state index contributed by atoms with van der Waals surface area (Å²) in [5, 5.41) is 0. The summed E-state index contributed by atoms with van der Waals surface area (Å²) >= 11 is 7.49. The maximum absolute atomic E-state index is 2.30. The van der Waals surface area contributed by atoms with Gasteiger partial charge in [0.1, 0.15) is 0 Å². The van der Waals surface area contributed by atoms with Gasteiger partial charge in [-0.3, -0.25) is 0 Å². The topological polar surface area (TPSA) is 0 Å². The lowest BCUT2D eigenvalue weighted by molar-refractivity contribution is 1.16. The molecule has 8 aromatic rings. The zero-order chi connectivity index (χ0) is 37.3. The third kappa shape index (κ3) is 7.34. The Balaban J connectivity index is 0.807. The molecule has 0 unspecified atom stereocenters. The minimum Gasteiger partial charge on any atom is -0.0877 e. The third-order valence-corrected chi connectivity index (χ3v) is 15.2. The number of benzene rings is 8. The molecule has 4 heteroatoms. The van der Waals surface area contributed by atoms with E-state index in [0.29, 0.717) is 0 Å². The average molecular weight is 787 g/mol. The summed E-state index contributed by atoms with van der Waals surface area (Å²) in [5.41, 5.74) is 12.2. The van der Waals surface area contributed by atoms with Crippen LogP contribution >= 0.6 is 47.0 Å². The number of hydrogen-bond donors (Lipinski definition) is 0. The predicted octanol–water partition coefficient (Wildman–Crippen LogP) is 16.3. The van der Waals surface area contributed by atoms with Crippen LogP contribution in [-0.4, -0.2) is 0 Å². The first-order valence-corrected chi connectivity index (χ1v) is 21.9. The largest absolute Gasteiger partial charge is 0.0877 e. The van der Waals surface area contributed by atoms with Gasteiger partial charge in [0.05, 0.1) is 0 Å². The standard InChI is InChI=1S/C52H34S4/c1-3-17-47-45(15-1)53-49-19-7-13-43(51(49)55-47)41-11-5-9-37(33-41)23-21-35-25-29-39(30-26-35)40-31-27-36(28-32-40)22-24-38-10-6-12-42(34-38)44-14-8-20-50-52(44)56-48-18-4-2-16-46(48)54-50/h1-34H. The van der Waals surface area contributed by atoms with Crippen molar-refractivity contribution in [3.05, 3.63) is 204 Å². The van der Waals surface area contributed by atoms with E-state index in [1.54, 1.807) is 0 Å². The summed E-state index contributed by atoms with van der Waals surface area (Å²) < 4.78 is 0. The van der Waals surface area contributed by atoms with Gasteiger partial charge in [-0.2, -0.15) is 0 Å². The van der Waals surface area contributed by atoms with Gasteiger partial charge in [0, 0.05) is 39.2 Å². The van der Waals surface area contributed by atoms with E-state index in [0.717, 1.165) is 0 Å². The van der Waals surface area contributed by atoms with Gasteiger partial charge in [-0.05, 0) is 104 Å². The molecule has 8 aromatic carbocycles. The molecule has 2 aliphatic heterocycles. The Labute approximate surface area is 345 Å². The number of hydrogen-bond acceptors (Lipinski definition) is 4. The highest BCUT2D eigenvalue weighted by Gasteiger charge is 2.21. The molecule has 56 heavy (non-hydrogen) atoms. The Morgan fingerprint density at radius 1 is 0.250 bits per heavy atom. The van der Waals surface area contributed by atoms with E-state index < -0.39 is 0 Å². The second kappa shape index (κ2) is 15.6. The molecule has 0 radical (unpaired) electrons. The van der Waals surface area contributed by atoms with Gasteiger partial charge in [0.25, 0.3) is 0 Å². The van der Waals surface area contributed by atoms with Crippen LogP contribution in [0.5, 0.6) is 0 Å². The Bertz CT molecular complexity index is 2600. The van der Waals surface area contributed by atoms with Crippen molar-refractivity contribution in [3.8, 4) is 33.4 Å². The minimum atomic E-state index is 1.18. The van der Waals surface area contributed by atoms with E-state index in [-0.39, 0.29) is 0 Å². The third-order valence-electron chi connectivity index (χ3n) is 10.0. The average Bonchev–Trinajstić information content (AvgIpc) is 3.26. The van der Waals surface area contributed by atoms with Crippen LogP contribution < -0.4 is 0 Å². The fourth-order valence-corrected chi connectivity index (χ4v) is 11.9. The summed E-state index contributed by atoms with van der Waals surface area (Å²) in [5.74, 6) is 0. The first-order valence-electron chi connectivity index (χ1n) is 18.6. The molecule has 266 valence electrons. The first kappa shape index (κ1) is 35.1. The van der Waals surface area contributed by atoms with Crippen LogP contribution in [0.2, 0.25) is 0 Å². The van der Waals surface area contributed by atoms with E-state index in [4.69, 9.17) is 0 Å². The van der Waals surface area contributed by atoms with Gasteiger partial charge in [-0.1, -0.05) is 205 Å². The molecule has 0 aliphatic carbocycles. The van der Waals surface area contributed by atoms with Gasteiger partial charge in [0.15, 0.2) is 0 Å². The highest BCUT2D eigenvalue weighted by Crippen LogP contribution is 2.53. The normalized spacial score (nSPS) is 12.9. The van der Waals surface area contributed by atoms with Gasteiger partial charge >= 0.3 is 0 Å². The van der Waals surface area contributed by atoms with Crippen LogP contribution in [0.25, 0.3) is 57.7 Å². The zero-order valence-corrected chi connectivity index (χ0v) is 33.5. The van der Waals surface area contributed by atoms with Crippen molar-refractivity contribution in [1.82, 2.24) is 0 Å². The molecule has 10 rings (SSSR count). The lowest BCUT2D eigenvalue weighted by Gasteiger charge is -2.21. The van der Waals surface area contributed by atoms with E-state index in [1.165, 1.54) is 94.8 Å². The van der Waals surface area contributed by atoms with Crippen LogP contribution in [-0.2, 0) is 0 Å². The fourth-order valence-electron chi connectivity index (χ4n) is 7.13. The minimum absolute atomic E-state index is 1.18. The van der Waals surface area contributed by atoms with Crippen LogP contribution in [0.3, 0.4) is 0 Å². The highest BCUT2D eigenvalue weighted by molar-refractivity contribution is 8.05. The molecule has 0 saturated heterocycles. The molecular weight excluding hydrogens is 753 g/mol. The quantitative estimate of drug-likeness (QED) is 0.148. The number of rotatable bonds is 7. The molecule has 0 amide bonds. The predicted molar refractivity (Wildman–Crippen MR) is 243 cm³/mol. The van der Waals surface area contributed by atoms with Crippen molar-refractivity contribution in [3.63, 3.8) is 0 Å². The lowest BCUT2D eigenvalue weighted by Crippen LogP contribution is -1.92. The molecule has 0 N–H and O–H groups in total. The molecule has 0 saturated carbocycles. The monoisotopic (exact) mass is 786 g/mol. The van der Waals surface area contributed by atoms with Crippen molar-refractivity contribution in [2.24, 2.45) is 0 Å². The van der Waals surface area contributed by atoms with Crippen LogP contribution in [0.15, 0.2) is 221 Å². The molecule has 0 nitrogen and oxygen atoms in total. The van der Waals surface area contributed by atoms with E-state index >= 15 is 0 Å². The molecular formula is C52H34S4. The lowest BCUT2D eigenvalue weighted by atomic mass is 10.0. The first-order chi connectivity index (χ1) is 27.7. The van der Waals surface area contributed by atoms with Gasteiger partial charge < -0.3 is 0 Å². The van der Waals surface area contributed by atoms with E-state index in [9.17, 15) is 0 Å².